The van der Waals surface area contributed by atoms with Crippen LogP contribution in [0.1, 0.15) is 26.0 Å². The molecule has 27 heavy (non-hydrogen) atoms. The van der Waals surface area contributed by atoms with Crippen molar-refractivity contribution in [1.82, 2.24) is 15.6 Å². The van der Waals surface area contributed by atoms with Gasteiger partial charge in [0.25, 0.3) is 0 Å². The van der Waals surface area contributed by atoms with Gasteiger partial charge < -0.3 is 29.8 Å². The Bertz CT molecular complexity index is 768. The lowest BCUT2D eigenvalue weighted by Crippen LogP contribution is -2.45. The van der Waals surface area contributed by atoms with Crippen molar-refractivity contribution < 1.29 is 14.2 Å². The van der Waals surface area contributed by atoms with Gasteiger partial charge in [0.15, 0.2) is 5.96 Å². The number of fused-ring (bicyclic) bond motifs is 1. The lowest BCUT2D eigenvalue weighted by Gasteiger charge is -2.24. The number of H-pyrrole nitrogens is 1. The summed E-state index contributed by atoms with van der Waals surface area (Å²) in [5.41, 5.74) is 1.96. The van der Waals surface area contributed by atoms with Crippen LogP contribution in [0, 0.1) is 0 Å². The molecule has 3 N–H and O–H groups in total. The molecule has 0 bridgehead atoms. The van der Waals surface area contributed by atoms with Gasteiger partial charge in [-0.3, -0.25) is 4.99 Å². The van der Waals surface area contributed by atoms with Crippen LogP contribution in [0.3, 0.4) is 0 Å². The van der Waals surface area contributed by atoms with Gasteiger partial charge in [0.05, 0.1) is 25.3 Å². The van der Waals surface area contributed by atoms with Crippen LogP contribution in [-0.2, 0) is 11.2 Å². The number of hydrogen-bond donors (Lipinski definition) is 3. The number of aromatic amines is 1. The third kappa shape index (κ3) is 5.79. The van der Waals surface area contributed by atoms with E-state index in [1.807, 2.05) is 26.0 Å². The van der Waals surface area contributed by atoms with Gasteiger partial charge in [-0.05, 0) is 32.8 Å². The lowest BCUT2D eigenvalue weighted by atomic mass is 10.1. The summed E-state index contributed by atoms with van der Waals surface area (Å²) in [6.07, 6.45) is 1.90. The summed E-state index contributed by atoms with van der Waals surface area (Å²) >= 11 is 0. The first kappa shape index (κ1) is 20.9. The van der Waals surface area contributed by atoms with Crippen LogP contribution in [0.15, 0.2) is 23.2 Å². The van der Waals surface area contributed by atoms with Crippen molar-refractivity contribution in [3.63, 3.8) is 0 Å². The molecule has 2 rings (SSSR count). The Hall–Kier alpha value is -2.41. The first-order valence-corrected chi connectivity index (χ1v) is 9.15. The maximum absolute atomic E-state index is 5.47. The van der Waals surface area contributed by atoms with E-state index >= 15 is 0 Å². The highest BCUT2D eigenvalue weighted by molar-refractivity contribution is 5.88. The van der Waals surface area contributed by atoms with Crippen molar-refractivity contribution in [2.24, 2.45) is 4.99 Å². The highest BCUT2D eigenvalue weighted by Crippen LogP contribution is 2.31. The minimum atomic E-state index is -0.234. The molecule has 0 unspecified atom stereocenters. The van der Waals surface area contributed by atoms with Crippen molar-refractivity contribution in [1.29, 1.82) is 0 Å². The molecule has 7 heteroatoms. The number of hydrogen-bond acceptors (Lipinski definition) is 4. The summed E-state index contributed by atoms with van der Waals surface area (Å²) < 4.78 is 16.2. The molecule has 1 aromatic heterocycles. The molecule has 0 radical (unpaired) electrons. The Kier molecular flexibility index (Phi) is 7.36. The average molecular weight is 377 g/mol. The fourth-order valence-electron chi connectivity index (χ4n) is 2.73. The minimum absolute atomic E-state index is 0.234. The highest BCUT2D eigenvalue weighted by Gasteiger charge is 2.16. The van der Waals surface area contributed by atoms with Crippen molar-refractivity contribution in [2.75, 3.05) is 41.5 Å². The van der Waals surface area contributed by atoms with Gasteiger partial charge in [0.2, 0.25) is 0 Å². The van der Waals surface area contributed by atoms with E-state index in [-0.39, 0.29) is 5.60 Å². The van der Waals surface area contributed by atoms with Gasteiger partial charge in [-0.2, -0.15) is 0 Å². The van der Waals surface area contributed by atoms with Crippen LogP contribution in [0.2, 0.25) is 0 Å². The SMILES string of the molecule is CN=C(NCCCc1cc2c(OC)cc(OC)cc2[nH]1)NCC(C)(C)OC. The number of rotatable bonds is 9. The second-order valence-corrected chi connectivity index (χ2v) is 7.01. The summed E-state index contributed by atoms with van der Waals surface area (Å²) in [5, 5.41) is 7.69. The second kappa shape index (κ2) is 9.50. The van der Waals surface area contributed by atoms with Crippen molar-refractivity contribution >= 4 is 16.9 Å². The van der Waals surface area contributed by atoms with Crippen LogP contribution in [0.25, 0.3) is 10.9 Å². The number of nitrogens with one attached hydrogen (secondary N) is 3. The van der Waals surface area contributed by atoms with E-state index in [4.69, 9.17) is 14.2 Å². The van der Waals surface area contributed by atoms with Gasteiger partial charge in [0.1, 0.15) is 11.5 Å². The molecule has 0 aliphatic heterocycles. The average Bonchev–Trinajstić information content (AvgIpc) is 3.09. The first-order chi connectivity index (χ1) is 12.9. The fraction of sp³-hybridized carbons (Fsp3) is 0.550. The Balaban J connectivity index is 1.88. The normalized spacial score (nSPS) is 12.3. The van der Waals surface area contributed by atoms with Crippen LogP contribution >= 0.6 is 0 Å². The number of aromatic nitrogens is 1. The van der Waals surface area contributed by atoms with E-state index in [1.54, 1.807) is 28.4 Å². The zero-order chi connectivity index (χ0) is 19.9. The topological polar surface area (TPSA) is 79.9 Å². The number of benzene rings is 1. The zero-order valence-electron chi connectivity index (χ0n) is 17.2. The number of aliphatic imine (C=N–C) groups is 1. The van der Waals surface area contributed by atoms with Crippen LogP contribution in [-0.4, -0.2) is 58.0 Å². The van der Waals surface area contributed by atoms with Crippen LogP contribution in [0.5, 0.6) is 11.5 Å². The molecule has 7 nitrogen and oxygen atoms in total. The van der Waals surface area contributed by atoms with Gasteiger partial charge >= 0.3 is 0 Å². The number of nitrogens with zero attached hydrogens (tertiary/aromatic N) is 1. The highest BCUT2D eigenvalue weighted by atomic mass is 16.5. The number of aryl methyl sites for hydroxylation is 1. The second-order valence-electron chi connectivity index (χ2n) is 7.01. The summed E-state index contributed by atoms with van der Waals surface area (Å²) in [6, 6.07) is 6.03. The summed E-state index contributed by atoms with van der Waals surface area (Å²) in [7, 11) is 6.81. The smallest absolute Gasteiger partial charge is 0.191 e. The number of guanidine groups is 1. The Morgan fingerprint density at radius 1 is 1.11 bits per heavy atom. The molecular formula is C20H32N4O3. The lowest BCUT2D eigenvalue weighted by molar-refractivity contribution is 0.0268. The molecule has 0 saturated heterocycles. The third-order valence-corrected chi connectivity index (χ3v) is 4.56. The van der Waals surface area contributed by atoms with Gasteiger partial charge in [-0.1, -0.05) is 0 Å². The zero-order valence-corrected chi connectivity index (χ0v) is 17.2. The van der Waals surface area contributed by atoms with E-state index < -0.39 is 0 Å². The van der Waals surface area contributed by atoms with E-state index in [9.17, 15) is 0 Å². The maximum Gasteiger partial charge on any atom is 0.191 e. The fourth-order valence-corrected chi connectivity index (χ4v) is 2.73. The molecule has 1 heterocycles. The molecule has 150 valence electrons. The van der Waals surface area contributed by atoms with Gasteiger partial charge in [-0.25, -0.2) is 0 Å². The quantitative estimate of drug-likeness (QED) is 0.356. The Morgan fingerprint density at radius 2 is 1.89 bits per heavy atom. The van der Waals surface area contributed by atoms with E-state index in [0.717, 1.165) is 47.7 Å². The molecule has 0 saturated carbocycles. The molecule has 2 aromatic rings. The largest absolute Gasteiger partial charge is 0.497 e. The Labute approximate surface area is 161 Å². The molecule has 1 aromatic carbocycles. The molecular weight excluding hydrogens is 344 g/mol. The first-order valence-electron chi connectivity index (χ1n) is 9.15. The van der Waals surface area contributed by atoms with Gasteiger partial charge in [0, 0.05) is 50.5 Å². The summed E-state index contributed by atoms with van der Waals surface area (Å²) in [6.45, 7) is 5.58. The van der Waals surface area contributed by atoms with E-state index in [2.05, 4.69) is 26.7 Å². The van der Waals surface area contributed by atoms with Crippen molar-refractivity contribution in [3.05, 3.63) is 23.9 Å². The molecule has 0 atom stereocenters. The van der Waals surface area contributed by atoms with E-state index in [0.29, 0.717) is 6.54 Å². The minimum Gasteiger partial charge on any atom is -0.497 e. The summed E-state index contributed by atoms with van der Waals surface area (Å²) in [5.74, 6) is 2.38. The van der Waals surface area contributed by atoms with Crippen molar-refractivity contribution in [2.45, 2.75) is 32.3 Å². The predicted molar refractivity (Wildman–Crippen MR) is 110 cm³/mol. The standard InChI is InChI=1S/C20H32N4O3/c1-20(2,27-6)13-23-19(21-3)22-9-7-8-14-10-16-17(24-14)11-15(25-4)12-18(16)26-5/h10-12,24H,7-9,13H2,1-6H3,(H2,21,22,23). The molecule has 0 aliphatic carbocycles. The molecule has 0 aliphatic rings. The third-order valence-electron chi connectivity index (χ3n) is 4.56. The monoisotopic (exact) mass is 376 g/mol. The van der Waals surface area contributed by atoms with Gasteiger partial charge in [-0.15, -0.1) is 0 Å². The predicted octanol–water partition coefficient (Wildman–Crippen LogP) is 2.71. The maximum atomic E-state index is 5.47. The molecule has 0 amide bonds. The van der Waals surface area contributed by atoms with Crippen LogP contribution in [0.4, 0.5) is 0 Å². The van der Waals surface area contributed by atoms with E-state index in [1.165, 1.54) is 5.69 Å². The molecule has 0 spiro atoms. The number of methoxy groups -OCH3 is 3. The van der Waals surface area contributed by atoms with Crippen molar-refractivity contribution in [3.8, 4) is 11.5 Å². The molecule has 0 fully saturated rings. The van der Waals surface area contributed by atoms with Crippen LogP contribution < -0.4 is 20.1 Å². The Morgan fingerprint density at radius 3 is 2.52 bits per heavy atom. The summed E-state index contributed by atoms with van der Waals surface area (Å²) in [4.78, 5) is 7.70. The number of ether oxygens (including phenoxy) is 3.